The predicted octanol–water partition coefficient (Wildman–Crippen LogP) is 3.62. The van der Waals surface area contributed by atoms with E-state index in [1.165, 1.54) is 11.1 Å². The molecule has 198 valence electrons. The number of pyridine rings is 1. The van der Waals surface area contributed by atoms with Crippen LogP contribution in [0.4, 0.5) is 0 Å². The van der Waals surface area contributed by atoms with Crippen LogP contribution >= 0.6 is 0 Å². The first kappa shape index (κ1) is 25.7. The summed E-state index contributed by atoms with van der Waals surface area (Å²) in [5, 5.41) is 3.16. The second kappa shape index (κ2) is 12.1. The van der Waals surface area contributed by atoms with Gasteiger partial charge in [0.15, 0.2) is 0 Å². The number of hydrogen-bond donors (Lipinski definition) is 1. The van der Waals surface area contributed by atoms with Gasteiger partial charge < -0.3 is 15.0 Å². The highest BCUT2D eigenvalue weighted by Crippen LogP contribution is 2.38. The van der Waals surface area contributed by atoms with Gasteiger partial charge in [-0.1, -0.05) is 24.6 Å². The maximum Gasteiger partial charge on any atom is 0.237 e. The quantitative estimate of drug-likeness (QED) is 0.651. The smallest absolute Gasteiger partial charge is 0.237 e. The first-order valence-electron chi connectivity index (χ1n) is 14.0. The lowest BCUT2D eigenvalue weighted by Gasteiger charge is -2.41. The summed E-state index contributed by atoms with van der Waals surface area (Å²) in [4.78, 5) is 35.1. The number of fused-ring (bicyclic) bond motifs is 1. The Labute approximate surface area is 220 Å². The van der Waals surface area contributed by atoms with Crippen molar-refractivity contribution in [2.75, 3.05) is 39.3 Å². The number of hydrogen-bond acceptors (Lipinski definition) is 5. The molecule has 1 spiro atoms. The van der Waals surface area contributed by atoms with Crippen molar-refractivity contribution in [3.05, 3.63) is 59.9 Å². The van der Waals surface area contributed by atoms with Gasteiger partial charge in [0, 0.05) is 25.0 Å². The molecule has 1 aliphatic carbocycles. The fourth-order valence-electron chi connectivity index (χ4n) is 5.85. The van der Waals surface area contributed by atoms with Gasteiger partial charge in [-0.25, -0.2) is 0 Å². The number of piperidine rings is 1. The van der Waals surface area contributed by atoms with Crippen LogP contribution < -0.4 is 10.1 Å². The standard InChI is InChI=1S/C30H40N4O3/c35-28(34(26-8-9-26)19-12-24-10-16-31-17-11-24)23-33-20-14-30(15-21-33)13-4-3-6-25-5-1-2-7-27(25)37-22-18-32-29(30)36/h1-2,5,7,10-11,16-17,26H,3-4,6,8-9,12-15,18-23H2,(H,32,36). The highest BCUT2D eigenvalue weighted by Gasteiger charge is 2.41. The molecule has 0 bridgehead atoms. The average molecular weight is 505 g/mol. The Morgan fingerprint density at radius 3 is 2.65 bits per heavy atom. The van der Waals surface area contributed by atoms with Crippen LogP contribution in [0.1, 0.15) is 56.1 Å². The molecule has 7 heteroatoms. The summed E-state index contributed by atoms with van der Waals surface area (Å²) in [6, 6.07) is 12.7. The molecule has 2 fully saturated rings. The van der Waals surface area contributed by atoms with Crippen LogP contribution in [0.15, 0.2) is 48.8 Å². The number of para-hydroxylation sites is 1. The number of ether oxygens (including phenoxy) is 1. The van der Waals surface area contributed by atoms with Gasteiger partial charge >= 0.3 is 0 Å². The monoisotopic (exact) mass is 504 g/mol. The topological polar surface area (TPSA) is 74.8 Å². The number of nitrogens with zero attached hydrogens (tertiary/aromatic N) is 3. The fraction of sp³-hybridized carbons (Fsp3) is 0.567. The van der Waals surface area contributed by atoms with Crippen LogP contribution in [0.2, 0.25) is 0 Å². The average Bonchev–Trinajstić information content (AvgIpc) is 3.76. The molecular weight excluding hydrogens is 464 g/mol. The Hall–Kier alpha value is -2.93. The van der Waals surface area contributed by atoms with E-state index in [9.17, 15) is 9.59 Å². The zero-order valence-corrected chi connectivity index (χ0v) is 21.9. The summed E-state index contributed by atoms with van der Waals surface area (Å²) in [6.45, 7) is 3.80. The molecule has 3 aliphatic rings. The maximum atomic E-state index is 13.3. The van der Waals surface area contributed by atoms with E-state index in [0.29, 0.717) is 25.7 Å². The lowest BCUT2D eigenvalue weighted by atomic mass is 9.73. The van der Waals surface area contributed by atoms with Crippen LogP contribution in [0.5, 0.6) is 5.75 Å². The normalized spacial score (nSPS) is 20.6. The van der Waals surface area contributed by atoms with Crippen molar-refractivity contribution >= 4 is 11.8 Å². The zero-order valence-electron chi connectivity index (χ0n) is 21.9. The van der Waals surface area contributed by atoms with Crippen LogP contribution in [-0.2, 0) is 22.4 Å². The minimum atomic E-state index is -0.338. The van der Waals surface area contributed by atoms with Gasteiger partial charge in [-0.3, -0.25) is 19.5 Å². The molecule has 7 nitrogen and oxygen atoms in total. The molecule has 1 saturated heterocycles. The summed E-state index contributed by atoms with van der Waals surface area (Å²) >= 11 is 0. The second-order valence-electron chi connectivity index (χ2n) is 10.9. The van der Waals surface area contributed by atoms with Gasteiger partial charge in [0.05, 0.1) is 18.5 Å². The molecule has 37 heavy (non-hydrogen) atoms. The van der Waals surface area contributed by atoms with Crippen molar-refractivity contribution < 1.29 is 14.3 Å². The van der Waals surface area contributed by atoms with Crippen molar-refractivity contribution in [1.29, 1.82) is 0 Å². The molecule has 0 atom stereocenters. The number of amides is 2. The lowest BCUT2D eigenvalue weighted by Crippen LogP contribution is -2.51. The number of aromatic nitrogens is 1. The Balaban J connectivity index is 1.15. The molecule has 2 aliphatic heterocycles. The minimum Gasteiger partial charge on any atom is -0.491 e. The van der Waals surface area contributed by atoms with Gasteiger partial charge in [-0.05, 0) is 93.8 Å². The third kappa shape index (κ3) is 6.69. The second-order valence-corrected chi connectivity index (χ2v) is 10.9. The highest BCUT2D eigenvalue weighted by molar-refractivity contribution is 5.83. The van der Waals surface area contributed by atoms with Gasteiger partial charge in [-0.2, -0.15) is 0 Å². The number of benzene rings is 1. The molecule has 2 amide bonds. The van der Waals surface area contributed by atoms with E-state index >= 15 is 0 Å². The number of aryl methyl sites for hydroxylation is 1. The van der Waals surface area contributed by atoms with Crippen LogP contribution in [0, 0.1) is 5.41 Å². The first-order chi connectivity index (χ1) is 18.1. The van der Waals surface area contributed by atoms with E-state index in [1.54, 1.807) is 0 Å². The largest absolute Gasteiger partial charge is 0.491 e. The molecule has 0 unspecified atom stereocenters. The van der Waals surface area contributed by atoms with Gasteiger partial charge in [0.25, 0.3) is 0 Å². The fourth-order valence-corrected chi connectivity index (χ4v) is 5.85. The Kier molecular flexibility index (Phi) is 8.39. The molecule has 5 rings (SSSR count). The van der Waals surface area contributed by atoms with Crippen molar-refractivity contribution in [2.45, 2.75) is 63.8 Å². The summed E-state index contributed by atoms with van der Waals surface area (Å²) in [6.07, 6.45) is 12.3. The van der Waals surface area contributed by atoms with E-state index in [0.717, 1.165) is 83.2 Å². The maximum absolute atomic E-state index is 13.3. The molecule has 1 aromatic heterocycles. The van der Waals surface area contributed by atoms with Crippen LogP contribution in [0.3, 0.4) is 0 Å². The summed E-state index contributed by atoms with van der Waals surface area (Å²) in [5.41, 5.74) is 2.13. The van der Waals surface area contributed by atoms with E-state index in [4.69, 9.17) is 4.74 Å². The highest BCUT2D eigenvalue weighted by atomic mass is 16.5. The van der Waals surface area contributed by atoms with Gasteiger partial charge in [0.2, 0.25) is 11.8 Å². The van der Waals surface area contributed by atoms with Crippen molar-refractivity contribution in [3.63, 3.8) is 0 Å². The third-order valence-corrected chi connectivity index (χ3v) is 8.32. The summed E-state index contributed by atoms with van der Waals surface area (Å²) in [5.74, 6) is 1.32. The van der Waals surface area contributed by atoms with Crippen LogP contribution in [-0.4, -0.2) is 72.0 Å². The molecule has 3 heterocycles. The van der Waals surface area contributed by atoms with Gasteiger partial charge in [0.1, 0.15) is 12.4 Å². The molecular formula is C30H40N4O3. The van der Waals surface area contributed by atoms with Crippen molar-refractivity contribution in [2.24, 2.45) is 5.41 Å². The number of carbonyl (C=O) groups is 2. The number of carbonyl (C=O) groups excluding carboxylic acids is 2. The van der Waals surface area contributed by atoms with Crippen molar-refractivity contribution in [3.8, 4) is 5.75 Å². The Bertz CT molecular complexity index is 1050. The van der Waals surface area contributed by atoms with E-state index < -0.39 is 0 Å². The van der Waals surface area contributed by atoms with E-state index in [1.807, 2.05) is 36.7 Å². The SMILES string of the molecule is O=C(CN1CCC2(CCCCc3ccccc3OCCNC2=O)CC1)N(CCc1ccncc1)C1CC1. The number of nitrogens with one attached hydrogen (secondary N) is 1. The molecule has 2 aromatic rings. The van der Waals surface area contributed by atoms with Crippen LogP contribution in [0.25, 0.3) is 0 Å². The lowest BCUT2D eigenvalue weighted by molar-refractivity contribution is -0.136. The Morgan fingerprint density at radius 1 is 1.08 bits per heavy atom. The first-order valence-corrected chi connectivity index (χ1v) is 14.0. The number of likely N-dealkylation sites (tertiary alicyclic amines) is 1. The number of rotatable bonds is 6. The predicted molar refractivity (Wildman–Crippen MR) is 143 cm³/mol. The van der Waals surface area contributed by atoms with Crippen molar-refractivity contribution in [1.82, 2.24) is 20.1 Å². The van der Waals surface area contributed by atoms with E-state index in [-0.39, 0.29) is 17.2 Å². The third-order valence-electron chi connectivity index (χ3n) is 8.32. The minimum absolute atomic E-state index is 0.160. The molecule has 0 radical (unpaired) electrons. The van der Waals surface area contributed by atoms with Gasteiger partial charge in [-0.15, -0.1) is 0 Å². The van der Waals surface area contributed by atoms with E-state index in [2.05, 4.69) is 32.2 Å². The summed E-state index contributed by atoms with van der Waals surface area (Å²) < 4.78 is 5.97. The molecule has 1 N–H and O–H groups in total. The summed E-state index contributed by atoms with van der Waals surface area (Å²) in [7, 11) is 0. The Morgan fingerprint density at radius 2 is 1.86 bits per heavy atom. The molecule has 1 saturated carbocycles. The molecule has 1 aromatic carbocycles. The zero-order chi connectivity index (χ0) is 25.5.